The molecule has 0 saturated carbocycles. The number of fused-ring (bicyclic) bond motifs is 2. The first-order valence-corrected chi connectivity index (χ1v) is 26.2. The second-order valence-corrected chi connectivity index (χ2v) is 23.2. The molecule has 1 aromatic heterocycles. The molecule has 1 aliphatic carbocycles. The lowest BCUT2D eigenvalue weighted by atomic mass is 9.12. The van der Waals surface area contributed by atoms with E-state index in [1.54, 1.807) is 7.11 Å². The molecule has 2 heterocycles. The molecule has 0 fully saturated rings. The summed E-state index contributed by atoms with van der Waals surface area (Å²) < 4.78 is 313. The number of methoxy groups -OCH3 is 1. The monoisotopic (exact) mass is 1260 g/mol. The number of ether oxygens (including phenoxy) is 2. The van der Waals surface area contributed by atoms with Gasteiger partial charge in [0.15, 0.2) is 69.8 Å². The number of rotatable bonds is 9. The van der Waals surface area contributed by atoms with Crippen molar-refractivity contribution in [1.29, 1.82) is 0 Å². The highest BCUT2D eigenvalue weighted by Gasteiger charge is 2.52. The molecule has 2 aliphatic rings. The molecule has 0 amide bonds. The van der Waals surface area contributed by atoms with Crippen LogP contribution in [0, 0.1) is 122 Å². The van der Waals surface area contributed by atoms with Crippen LogP contribution in [0.1, 0.15) is 109 Å². The molecule has 0 saturated heterocycles. The summed E-state index contributed by atoms with van der Waals surface area (Å²) in [5, 5.41) is 0.985. The van der Waals surface area contributed by atoms with Crippen molar-refractivity contribution in [2.45, 2.75) is 86.5 Å². The summed E-state index contributed by atoms with van der Waals surface area (Å²) in [5.74, 6) is -67.6. The highest BCUT2D eigenvalue weighted by atomic mass is 19.2. The minimum atomic E-state index is -7.22. The van der Waals surface area contributed by atoms with Crippen LogP contribution >= 0.6 is 0 Å². The molecule has 88 heavy (non-hydrogen) atoms. The Labute approximate surface area is 488 Å². The Kier molecular flexibility index (Phi) is 17.4. The summed E-state index contributed by atoms with van der Waals surface area (Å²) >= 11 is 0. The first-order valence-electron chi connectivity index (χ1n) is 26.2. The van der Waals surface area contributed by atoms with Gasteiger partial charge in [-0.3, -0.25) is 4.79 Å². The number of allylic oxidation sites excluding steroid dienone is 6. The molecule has 0 unspecified atom stereocenters. The molecule has 25 heteroatoms. The van der Waals surface area contributed by atoms with E-state index in [9.17, 15) is 57.5 Å². The van der Waals surface area contributed by atoms with Gasteiger partial charge in [0.25, 0.3) is 0 Å². The van der Waals surface area contributed by atoms with E-state index in [1.807, 2.05) is 24.3 Å². The fourth-order valence-electron chi connectivity index (χ4n) is 10.3. The molecule has 0 atom stereocenters. The van der Waals surface area contributed by atoms with Gasteiger partial charge in [-0.2, -0.15) is 0 Å². The first kappa shape index (κ1) is 65.6. The Morgan fingerprint density at radius 3 is 1.19 bits per heavy atom. The maximum Gasteiger partial charge on any atom is 0.360 e. The summed E-state index contributed by atoms with van der Waals surface area (Å²) in [7, 11) is 1.63. The molecule has 9 rings (SSSR count). The number of hydrogen-bond donors (Lipinski definition) is 0. The quantitative estimate of drug-likeness (QED) is 0.0361. The fraction of sp³-hybridized carbons (Fsp3) is 0.238. The van der Waals surface area contributed by atoms with Crippen LogP contribution in [0.2, 0.25) is 0 Å². The van der Waals surface area contributed by atoms with Crippen LogP contribution in [0.3, 0.4) is 0 Å². The van der Waals surface area contributed by atoms with Gasteiger partial charge in [0, 0.05) is 28.7 Å². The summed E-state index contributed by atoms with van der Waals surface area (Å²) in [6.45, 7) is 21.5. The van der Waals surface area contributed by atoms with Crippen molar-refractivity contribution >= 4 is 56.4 Å². The van der Waals surface area contributed by atoms with Crippen LogP contribution in [-0.4, -0.2) is 19.0 Å². The maximum absolute atomic E-state index is 15.4. The molecule has 6 aromatic carbocycles. The molecular formula is C63H45BF20O4. The third-order valence-electron chi connectivity index (χ3n) is 14.9. The van der Waals surface area contributed by atoms with Crippen molar-refractivity contribution in [1.82, 2.24) is 0 Å². The van der Waals surface area contributed by atoms with Crippen molar-refractivity contribution in [2.75, 3.05) is 7.11 Å². The van der Waals surface area contributed by atoms with Crippen LogP contribution in [0.5, 0.6) is 5.75 Å². The van der Waals surface area contributed by atoms with E-state index in [0.29, 0.717) is 28.7 Å². The van der Waals surface area contributed by atoms with Crippen LogP contribution in [0.25, 0.3) is 22.6 Å². The number of benzene rings is 6. The van der Waals surface area contributed by atoms with E-state index in [-0.39, 0.29) is 16.6 Å². The third kappa shape index (κ3) is 10.6. The Hall–Kier alpha value is -8.38. The number of ketones is 1. The Morgan fingerprint density at radius 1 is 0.477 bits per heavy atom. The van der Waals surface area contributed by atoms with Crippen LogP contribution < -0.4 is 26.6 Å². The summed E-state index contributed by atoms with van der Waals surface area (Å²) in [6, 6.07) is 14.7. The Balaban J connectivity index is 0.000000228. The van der Waals surface area contributed by atoms with Crippen LogP contribution in [0.15, 0.2) is 81.7 Å². The van der Waals surface area contributed by atoms with E-state index < -0.39 is 144 Å². The van der Waals surface area contributed by atoms with Crippen molar-refractivity contribution in [3.05, 3.63) is 222 Å². The van der Waals surface area contributed by atoms with Gasteiger partial charge < -0.3 is 9.47 Å². The molecule has 7 aromatic rings. The zero-order valence-corrected chi connectivity index (χ0v) is 47.7. The van der Waals surface area contributed by atoms with Crippen molar-refractivity contribution in [3.8, 4) is 5.75 Å². The van der Waals surface area contributed by atoms with Gasteiger partial charge in [-0.05, 0) is 91.8 Å². The zero-order chi connectivity index (χ0) is 65.8. The van der Waals surface area contributed by atoms with Gasteiger partial charge in [0.2, 0.25) is 5.78 Å². The van der Waals surface area contributed by atoms with Crippen molar-refractivity contribution < 1.29 is 106 Å². The smallest absolute Gasteiger partial charge is 0.360 e. The average molecular weight is 1260 g/mol. The summed E-state index contributed by atoms with van der Waals surface area (Å²) in [4.78, 5) is 13.8. The van der Waals surface area contributed by atoms with Gasteiger partial charge in [0.1, 0.15) is 70.0 Å². The second kappa shape index (κ2) is 23.3. The predicted octanol–water partition coefficient (Wildman–Crippen LogP) is 16.4. The molecule has 464 valence electrons. The zero-order valence-electron chi connectivity index (χ0n) is 47.7. The minimum absolute atomic E-state index is 0.0330. The highest BCUT2D eigenvalue weighted by molar-refractivity contribution is 7.20. The lowest BCUT2D eigenvalue weighted by Gasteiger charge is -2.44. The topological polar surface area (TPSA) is 46.8 Å². The molecule has 1 aliphatic heterocycles. The Bertz CT molecular complexity index is 3880. The lowest BCUT2D eigenvalue weighted by Crippen LogP contribution is -2.81. The van der Waals surface area contributed by atoms with Crippen LogP contribution in [0.4, 0.5) is 87.8 Å². The average Bonchev–Trinajstić information content (AvgIpc) is 0.684. The molecule has 0 spiro atoms. The SMILES string of the molecule is COC1=C(/C=C2\C=C(C(C)(C)C)Oc3ccc(C(C)C)cc32)C(=O)/C1=C\c1cc(C(C)(C)C)[o+]c2ccc(C(C)C)cc12.Fc1c(F)c(F)c([B-](c2c(F)c(F)c(F)c(F)c2F)(c2c(F)c(F)c(F)c(F)c2F)c2c(F)c(F)c(F)c(F)c2F)c(F)c1F. The molecule has 0 radical (unpaired) electrons. The third-order valence-corrected chi connectivity index (χ3v) is 14.9. The van der Waals surface area contributed by atoms with Gasteiger partial charge in [0.05, 0.1) is 29.1 Å². The number of carbonyl (C=O) groups is 1. The van der Waals surface area contributed by atoms with E-state index in [1.165, 1.54) is 11.1 Å². The molecule has 0 bridgehead atoms. The standard InChI is InChI=1S/C39H45O4.C24BF20/c1-22(2)24-12-14-32-28(16-24)26(20-34(42-32)38(5,6)7)18-30-36(40)31(37(30)41-11)19-27-21-35(39(8,9)10)43-33-15-13-25(23(3)4)17-29(27)33;26-5-1(6(27)14(35)21(42)13(5)34)25(2-7(28)15(36)22(43)16(37)8(2)29,3-9(30)17(38)23(44)18(39)10(3)31)4-11(32)19(40)24(45)20(41)12(4)33/h12-23H,1-11H3;/q+1;-1. The molecular weight excluding hydrogens is 1210 g/mol. The van der Waals surface area contributed by atoms with Crippen LogP contribution in [-0.2, 0) is 14.9 Å². The van der Waals surface area contributed by atoms with E-state index in [4.69, 9.17) is 13.9 Å². The number of Topliss-reactive ketones (excluding diaryl/α,β-unsaturated/α-hetero) is 1. The highest BCUT2D eigenvalue weighted by Crippen LogP contribution is 2.44. The van der Waals surface area contributed by atoms with Crippen molar-refractivity contribution in [2.24, 2.45) is 5.41 Å². The number of halogens is 20. The van der Waals surface area contributed by atoms with E-state index in [2.05, 4.69) is 106 Å². The fourth-order valence-corrected chi connectivity index (χ4v) is 10.3. The van der Waals surface area contributed by atoms with Gasteiger partial charge in [-0.15, -0.1) is 21.9 Å². The normalized spacial score (nSPS) is 14.7. The van der Waals surface area contributed by atoms with Crippen molar-refractivity contribution in [3.63, 3.8) is 0 Å². The van der Waals surface area contributed by atoms with E-state index >= 15 is 35.1 Å². The summed E-state index contributed by atoms with van der Waals surface area (Å²) in [6.07, 6.45) is -1.22. The van der Waals surface area contributed by atoms with E-state index in [0.717, 1.165) is 44.9 Å². The first-order chi connectivity index (χ1) is 40.8. The maximum atomic E-state index is 15.4. The summed E-state index contributed by atoms with van der Waals surface area (Å²) in [5.41, 5.74) is -7.45. The number of hydrogen-bond acceptors (Lipinski definition) is 3. The second-order valence-electron chi connectivity index (χ2n) is 23.2. The lowest BCUT2D eigenvalue weighted by molar-refractivity contribution is -0.113. The van der Waals surface area contributed by atoms with Gasteiger partial charge in [-0.25, -0.2) is 92.2 Å². The van der Waals surface area contributed by atoms with Gasteiger partial charge >= 0.3 is 11.3 Å². The van der Waals surface area contributed by atoms with Gasteiger partial charge in [-0.1, -0.05) is 54.5 Å². The largest absolute Gasteiger partial charge is 0.495 e. The molecule has 4 nitrogen and oxygen atoms in total. The molecule has 0 N–H and O–H groups in total. The number of carbonyl (C=O) groups excluding carboxylic acids is 1. The Morgan fingerprint density at radius 2 is 0.841 bits per heavy atom. The minimum Gasteiger partial charge on any atom is -0.495 e. The predicted molar refractivity (Wildman–Crippen MR) is 286 cm³/mol.